The maximum absolute atomic E-state index is 12.9. The monoisotopic (exact) mass is 418 g/mol. The first kappa shape index (κ1) is 21.7. The molecule has 0 spiro atoms. The second kappa shape index (κ2) is 9.64. The summed E-state index contributed by atoms with van der Waals surface area (Å²) >= 11 is 0. The van der Waals surface area contributed by atoms with Crippen molar-refractivity contribution in [1.29, 1.82) is 0 Å². The van der Waals surface area contributed by atoms with Crippen molar-refractivity contribution >= 4 is 18.2 Å². The van der Waals surface area contributed by atoms with E-state index in [9.17, 15) is 4.79 Å². The third-order valence-corrected chi connectivity index (χ3v) is 6.29. The Labute approximate surface area is 179 Å². The van der Waals surface area contributed by atoms with E-state index >= 15 is 0 Å². The van der Waals surface area contributed by atoms with Gasteiger partial charge in [0, 0.05) is 18.0 Å². The number of hydrogen-bond acceptors (Lipinski definition) is 4. The lowest BCUT2D eigenvalue weighted by Gasteiger charge is -2.32. The molecular formula is C24H30ClNO3. The molecule has 0 radical (unpaired) electrons. The summed E-state index contributed by atoms with van der Waals surface area (Å²) in [6, 6.07) is 14.5. The molecular weight excluding hydrogens is 389 g/mol. The minimum Gasteiger partial charge on any atom is -0.493 e. The van der Waals surface area contributed by atoms with Gasteiger partial charge in [-0.1, -0.05) is 30.3 Å². The van der Waals surface area contributed by atoms with Gasteiger partial charge in [-0.25, -0.2) is 0 Å². The summed E-state index contributed by atoms with van der Waals surface area (Å²) in [4.78, 5) is 15.5. The summed E-state index contributed by atoms with van der Waals surface area (Å²) in [7, 11) is 3.26. The van der Waals surface area contributed by atoms with E-state index in [0.717, 1.165) is 43.6 Å². The molecule has 1 heterocycles. The molecule has 2 aliphatic rings. The predicted octanol–water partition coefficient (Wildman–Crippen LogP) is 4.78. The van der Waals surface area contributed by atoms with Crippen LogP contribution in [0.15, 0.2) is 42.5 Å². The van der Waals surface area contributed by atoms with Gasteiger partial charge >= 0.3 is 0 Å². The third kappa shape index (κ3) is 4.76. The van der Waals surface area contributed by atoms with Crippen LogP contribution >= 0.6 is 12.4 Å². The highest BCUT2D eigenvalue weighted by atomic mass is 35.5. The smallest absolute Gasteiger partial charge is 0.166 e. The fourth-order valence-corrected chi connectivity index (χ4v) is 4.71. The first-order chi connectivity index (χ1) is 13.7. The Morgan fingerprint density at radius 2 is 1.66 bits per heavy atom. The molecule has 156 valence electrons. The Morgan fingerprint density at radius 3 is 2.31 bits per heavy atom. The van der Waals surface area contributed by atoms with E-state index in [1.54, 1.807) is 14.2 Å². The quantitative estimate of drug-likeness (QED) is 0.632. The zero-order valence-corrected chi connectivity index (χ0v) is 18.0. The molecule has 2 aromatic carbocycles. The molecule has 5 heteroatoms. The van der Waals surface area contributed by atoms with E-state index in [2.05, 4.69) is 35.2 Å². The lowest BCUT2D eigenvalue weighted by Crippen LogP contribution is -2.34. The molecule has 0 aromatic heterocycles. The van der Waals surface area contributed by atoms with Crippen LogP contribution in [-0.4, -0.2) is 38.0 Å². The van der Waals surface area contributed by atoms with Gasteiger partial charge in [-0.2, -0.15) is 0 Å². The van der Waals surface area contributed by atoms with E-state index in [-0.39, 0.29) is 24.1 Å². The summed E-state index contributed by atoms with van der Waals surface area (Å²) < 4.78 is 10.8. The number of Topliss-reactive ketones (excluding diaryl/α,β-unsaturated/α-hetero) is 1. The van der Waals surface area contributed by atoms with E-state index < -0.39 is 0 Å². The van der Waals surface area contributed by atoms with Crippen molar-refractivity contribution in [1.82, 2.24) is 4.90 Å². The molecule has 1 fully saturated rings. The molecule has 2 aromatic rings. The first-order valence-electron chi connectivity index (χ1n) is 10.2. The highest BCUT2D eigenvalue weighted by Crippen LogP contribution is 2.39. The Kier molecular flexibility index (Phi) is 7.20. The largest absolute Gasteiger partial charge is 0.493 e. The maximum atomic E-state index is 12.9. The lowest BCUT2D eigenvalue weighted by atomic mass is 9.95. The molecule has 1 aliphatic carbocycles. The highest BCUT2D eigenvalue weighted by Gasteiger charge is 2.34. The van der Waals surface area contributed by atoms with Gasteiger partial charge in [-0.15, -0.1) is 12.4 Å². The van der Waals surface area contributed by atoms with Crippen molar-refractivity contribution in [2.24, 2.45) is 11.8 Å². The number of likely N-dealkylation sites (tertiary alicyclic amines) is 1. The summed E-state index contributed by atoms with van der Waals surface area (Å²) in [5, 5.41) is 0. The van der Waals surface area contributed by atoms with Crippen molar-refractivity contribution < 1.29 is 14.3 Å². The van der Waals surface area contributed by atoms with Gasteiger partial charge in [0.05, 0.1) is 14.2 Å². The number of benzene rings is 2. The van der Waals surface area contributed by atoms with Crippen LogP contribution in [0.25, 0.3) is 0 Å². The SMILES string of the molecule is COc1cc2c(cc1OC)[13C](=O)[13CH](CC1CCN(Cc3ccccc3)CC1)[13CH2]2.Cl. The molecule has 1 aliphatic heterocycles. The van der Waals surface area contributed by atoms with E-state index in [1.165, 1.54) is 18.4 Å². The molecule has 0 bridgehead atoms. The van der Waals surface area contributed by atoms with E-state index in [4.69, 9.17) is 9.47 Å². The van der Waals surface area contributed by atoms with Gasteiger partial charge in [0.25, 0.3) is 0 Å². The van der Waals surface area contributed by atoms with Gasteiger partial charge in [0.15, 0.2) is 17.3 Å². The van der Waals surface area contributed by atoms with Crippen molar-refractivity contribution in [2.75, 3.05) is 27.3 Å². The molecule has 0 amide bonds. The number of fused-ring (bicyclic) bond motifs is 1. The van der Waals surface area contributed by atoms with Gasteiger partial charge in [-0.05, 0) is 68.0 Å². The van der Waals surface area contributed by atoms with E-state index in [0.29, 0.717) is 17.4 Å². The number of piperidine rings is 1. The molecule has 1 unspecified atom stereocenters. The molecule has 4 rings (SSSR count). The average Bonchev–Trinajstić information content (AvgIpc) is 3.03. The van der Waals surface area contributed by atoms with Gasteiger partial charge in [-0.3, -0.25) is 9.69 Å². The van der Waals surface area contributed by atoms with Gasteiger partial charge in [0.1, 0.15) is 0 Å². The minimum atomic E-state index is 0. The molecule has 4 nitrogen and oxygen atoms in total. The van der Waals surface area contributed by atoms with Crippen LogP contribution in [0.3, 0.4) is 0 Å². The van der Waals surface area contributed by atoms with Crippen molar-refractivity contribution in [3.63, 3.8) is 0 Å². The molecule has 0 N–H and O–H groups in total. The van der Waals surface area contributed by atoms with Crippen LogP contribution in [-0.2, 0) is 13.0 Å². The highest BCUT2D eigenvalue weighted by molar-refractivity contribution is 6.02. The molecule has 1 atom stereocenters. The van der Waals surface area contributed by atoms with Crippen molar-refractivity contribution in [3.8, 4) is 11.5 Å². The minimum absolute atomic E-state index is 0. The number of carbonyl (C=O) groups is 1. The fraction of sp³-hybridized carbons (Fsp3) is 0.458. The number of carbonyl (C=O) groups excluding carboxylic acids is 1. The van der Waals surface area contributed by atoms with Crippen LogP contribution in [0.5, 0.6) is 11.5 Å². The number of nitrogens with zero attached hydrogens (tertiary/aromatic N) is 1. The van der Waals surface area contributed by atoms with Crippen molar-refractivity contribution in [3.05, 3.63) is 59.2 Å². The van der Waals surface area contributed by atoms with Crippen LogP contribution in [0, 0.1) is 11.8 Å². The predicted molar refractivity (Wildman–Crippen MR) is 117 cm³/mol. The zero-order chi connectivity index (χ0) is 19.5. The molecule has 1 saturated heterocycles. The number of hydrogen-bond donors (Lipinski definition) is 0. The van der Waals surface area contributed by atoms with E-state index in [1.807, 2.05) is 12.1 Å². The van der Waals surface area contributed by atoms with Gasteiger partial charge < -0.3 is 9.47 Å². The molecule has 0 saturated carbocycles. The number of ketones is 1. The summed E-state index contributed by atoms with van der Waals surface area (Å²) in [5.74, 6) is 2.38. The van der Waals surface area contributed by atoms with Crippen molar-refractivity contribution in [2.45, 2.75) is 32.2 Å². The van der Waals surface area contributed by atoms with Crippen LogP contribution in [0.1, 0.15) is 40.7 Å². The second-order valence-corrected chi connectivity index (χ2v) is 8.07. The Balaban J connectivity index is 0.00000240. The number of halogens is 1. The fourth-order valence-electron chi connectivity index (χ4n) is 4.71. The van der Waals surface area contributed by atoms with Crippen LogP contribution < -0.4 is 9.47 Å². The summed E-state index contributed by atoms with van der Waals surface area (Å²) in [5.41, 5.74) is 3.31. The molecule has 29 heavy (non-hydrogen) atoms. The number of ether oxygens (including phenoxy) is 2. The second-order valence-electron chi connectivity index (χ2n) is 8.07. The normalized spacial score (nSPS) is 19.5. The maximum Gasteiger partial charge on any atom is 0.166 e. The first-order valence-corrected chi connectivity index (χ1v) is 10.2. The number of methoxy groups -OCH3 is 2. The standard InChI is InChI=1S/C24H29NO3.ClH/c1-27-22-14-19-13-20(24(26)21(19)15-23(22)28-2)12-17-8-10-25(11-9-17)16-18-6-4-3-5-7-18;/h3-7,14-15,17,20H,8-13,16H2,1-2H3;1H/i13+1,20+1,24+1;. The average molecular weight is 419 g/mol. The summed E-state index contributed by atoms with van der Waals surface area (Å²) in [6.07, 6.45) is 4.19. The lowest BCUT2D eigenvalue weighted by molar-refractivity contribution is 0.0895. The van der Waals surface area contributed by atoms with Gasteiger partial charge in [0.2, 0.25) is 0 Å². The van der Waals surface area contributed by atoms with Crippen LogP contribution in [0.4, 0.5) is 0 Å². The number of rotatable bonds is 6. The third-order valence-electron chi connectivity index (χ3n) is 6.29. The zero-order valence-electron chi connectivity index (χ0n) is 17.2. The Hall–Kier alpha value is -2.04. The Morgan fingerprint density at radius 1 is 1.00 bits per heavy atom. The summed E-state index contributed by atoms with van der Waals surface area (Å²) in [6.45, 7) is 3.27. The Bertz CT molecular complexity index is 832. The van der Waals surface area contributed by atoms with Crippen LogP contribution in [0.2, 0.25) is 0 Å². The topological polar surface area (TPSA) is 38.8 Å².